The molecule has 3 rings (SSSR count). The van der Waals surface area contributed by atoms with Gasteiger partial charge >= 0.3 is 0 Å². The lowest BCUT2D eigenvalue weighted by Crippen LogP contribution is -2.54. The molecule has 2 aliphatic rings. The molecular formula is C18H29N3O3S. The van der Waals surface area contributed by atoms with E-state index < -0.39 is 10.0 Å². The highest BCUT2D eigenvalue weighted by Crippen LogP contribution is 2.21. The summed E-state index contributed by atoms with van der Waals surface area (Å²) in [7, 11) is -1.35. The average molecular weight is 368 g/mol. The molecule has 6 nitrogen and oxygen atoms in total. The predicted molar refractivity (Wildman–Crippen MR) is 99.3 cm³/mol. The minimum Gasteiger partial charge on any atom is -0.497 e. The van der Waals surface area contributed by atoms with E-state index in [0.717, 1.165) is 51.3 Å². The topological polar surface area (TPSA) is 53.1 Å². The van der Waals surface area contributed by atoms with Crippen LogP contribution in [0.5, 0.6) is 5.75 Å². The van der Waals surface area contributed by atoms with Gasteiger partial charge in [0.1, 0.15) is 5.75 Å². The van der Waals surface area contributed by atoms with Crippen molar-refractivity contribution in [1.82, 2.24) is 14.1 Å². The zero-order valence-electron chi connectivity index (χ0n) is 15.2. The number of hydrogen-bond donors (Lipinski definition) is 0. The molecule has 0 bridgehead atoms. The summed E-state index contributed by atoms with van der Waals surface area (Å²) in [5.41, 5.74) is 1.32. The summed E-state index contributed by atoms with van der Waals surface area (Å²) in [4.78, 5) is 4.98. The smallest absolute Gasteiger partial charge is 0.211 e. The normalized spacial score (nSPS) is 22.2. The van der Waals surface area contributed by atoms with E-state index in [2.05, 4.69) is 21.9 Å². The third-order valence-electron chi connectivity index (χ3n) is 5.38. The van der Waals surface area contributed by atoms with Gasteiger partial charge in [0.05, 0.1) is 13.4 Å². The van der Waals surface area contributed by atoms with Crippen LogP contribution in [0.25, 0.3) is 0 Å². The predicted octanol–water partition coefficient (Wildman–Crippen LogP) is 1.24. The summed E-state index contributed by atoms with van der Waals surface area (Å²) in [6, 6.07) is 8.89. The van der Waals surface area contributed by atoms with Crippen molar-refractivity contribution in [2.75, 3.05) is 52.6 Å². The van der Waals surface area contributed by atoms with Crippen LogP contribution in [0.15, 0.2) is 24.3 Å². The summed E-state index contributed by atoms with van der Waals surface area (Å²) in [5, 5.41) is 0. The van der Waals surface area contributed by atoms with E-state index >= 15 is 0 Å². The fourth-order valence-electron chi connectivity index (χ4n) is 3.83. The maximum Gasteiger partial charge on any atom is 0.211 e. The molecule has 2 aliphatic heterocycles. The van der Waals surface area contributed by atoms with Gasteiger partial charge in [0.15, 0.2) is 0 Å². The largest absolute Gasteiger partial charge is 0.497 e. The summed E-state index contributed by atoms with van der Waals surface area (Å²) >= 11 is 0. The highest BCUT2D eigenvalue weighted by Gasteiger charge is 2.29. The number of nitrogens with zero attached hydrogens (tertiary/aromatic N) is 3. The monoisotopic (exact) mass is 367 g/mol. The van der Waals surface area contributed by atoms with Gasteiger partial charge < -0.3 is 4.74 Å². The summed E-state index contributed by atoms with van der Waals surface area (Å²) in [6.07, 6.45) is 3.63. The second-order valence-electron chi connectivity index (χ2n) is 7.05. The van der Waals surface area contributed by atoms with E-state index in [9.17, 15) is 8.42 Å². The maximum atomic E-state index is 11.6. The van der Waals surface area contributed by atoms with Crippen molar-refractivity contribution >= 4 is 10.0 Å². The van der Waals surface area contributed by atoms with Crippen molar-refractivity contribution in [3.05, 3.63) is 29.8 Å². The number of piperidine rings is 1. The molecule has 0 aromatic heterocycles. The van der Waals surface area contributed by atoms with Crippen molar-refractivity contribution in [1.29, 1.82) is 0 Å². The molecule has 0 saturated carbocycles. The molecule has 0 spiro atoms. The lowest BCUT2D eigenvalue weighted by molar-refractivity contribution is 0.0787. The van der Waals surface area contributed by atoms with E-state index in [1.807, 2.05) is 12.1 Å². The third kappa shape index (κ3) is 4.94. The van der Waals surface area contributed by atoms with Gasteiger partial charge in [-0.15, -0.1) is 0 Å². The molecule has 0 atom stereocenters. The Morgan fingerprint density at radius 2 is 1.60 bits per heavy atom. The molecule has 7 heteroatoms. The van der Waals surface area contributed by atoms with Crippen molar-refractivity contribution in [3.63, 3.8) is 0 Å². The standard InChI is InChI=1S/C18H29N3O3S/c1-24-18-5-3-16(4-6-18)15-19-9-7-17(8-10-19)20-11-13-21(14-12-20)25(2,22)23/h3-6,17H,7-15H2,1-2H3. The molecular weight excluding hydrogens is 338 g/mol. The van der Waals surface area contributed by atoms with Gasteiger partial charge in [-0.1, -0.05) is 12.1 Å². The van der Waals surface area contributed by atoms with Crippen LogP contribution in [0.4, 0.5) is 0 Å². The molecule has 1 aromatic rings. The van der Waals surface area contributed by atoms with Crippen molar-refractivity contribution < 1.29 is 13.2 Å². The number of benzene rings is 1. The van der Waals surface area contributed by atoms with Crippen molar-refractivity contribution in [3.8, 4) is 5.75 Å². The minimum atomic E-state index is -3.04. The number of hydrogen-bond acceptors (Lipinski definition) is 5. The van der Waals surface area contributed by atoms with Gasteiger partial charge in [0.2, 0.25) is 10.0 Å². The Labute approximate surface area is 151 Å². The second-order valence-corrected chi connectivity index (χ2v) is 9.04. The van der Waals surface area contributed by atoms with Gasteiger partial charge in [0.25, 0.3) is 0 Å². The third-order valence-corrected chi connectivity index (χ3v) is 6.68. The van der Waals surface area contributed by atoms with Crippen LogP contribution >= 0.6 is 0 Å². The molecule has 0 radical (unpaired) electrons. The highest BCUT2D eigenvalue weighted by atomic mass is 32.2. The van der Waals surface area contributed by atoms with Gasteiger partial charge in [0, 0.05) is 38.8 Å². The molecule has 0 N–H and O–H groups in total. The van der Waals surface area contributed by atoms with E-state index in [-0.39, 0.29) is 0 Å². The zero-order valence-corrected chi connectivity index (χ0v) is 16.0. The molecule has 1 aromatic carbocycles. The van der Waals surface area contributed by atoms with Crippen molar-refractivity contribution in [2.24, 2.45) is 0 Å². The molecule has 2 fully saturated rings. The lowest BCUT2D eigenvalue weighted by Gasteiger charge is -2.42. The zero-order chi connectivity index (χ0) is 17.9. The summed E-state index contributed by atoms with van der Waals surface area (Å²) in [5.74, 6) is 0.899. The quantitative estimate of drug-likeness (QED) is 0.784. The molecule has 25 heavy (non-hydrogen) atoms. The van der Waals surface area contributed by atoms with Crippen LogP contribution < -0.4 is 4.74 Å². The Hall–Kier alpha value is -1.15. The number of likely N-dealkylation sites (tertiary alicyclic amines) is 1. The Morgan fingerprint density at radius 3 is 2.12 bits per heavy atom. The Kier molecular flexibility index (Phi) is 5.99. The first-order valence-corrected chi connectivity index (χ1v) is 10.8. The van der Waals surface area contributed by atoms with Crippen LogP contribution in [0.2, 0.25) is 0 Å². The van der Waals surface area contributed by atoms with E-state index in [1.54, 1.807) is 11.4 Å². The van der Waals surface area contributed by atoms with E-state index in [1.165, 1.54) is 11.8 Å². The van der Waals surface area contributed by atoms with Gasteiger partial charge in [-0.3, -0.25) is 9.80 Å². The number of piperazine rings is 1. The van der Waals surface area contributed by atoms with E-state index in [4.69, 9.17) is 4.74 Å². The SMILES string of the molecule is COc1ccc(CN2CCC(N3CCN(S(C)(=O)=O)CC3)CC2)cc1. The molecule has 140 valence electrons. The summed E-state index contributed by atoms with van der Waals surface area (Å²) in [6.45, 7) is 6.16. The molecule has 2 heterocycles. The van der Waals surface area contributed by atoms with Crippen LogP contribution in [-0.4, -0.2) is 81.2 Å². The number of methoxy groups -OCH3 is 1. The number of ether oxygens (including phenoxy) is 1. The van der Waals surface area contributed by atoms with Crippen LogP contribution in [-0.2, 0) is 16.6 Å². The van der Waals surface area contributed by atoms with E-state index in [0.29, 0.717) is 19.1 Å². The first-order valence-electron chi connectivity index (χ1n) is 9.00. The van der Waals surface area contributed by atoms with Gasteiger partial charge in [-0.2, -0.15) is 4.31 Å². The molecule has 0 aliphatic carbocycles. The van der Waals surface area contributed by atoms with Gasteiger partial charge in [-0.25, -0.2) is 8.42 Å². The Morgan fingerprint density at radius 1 is 1.00 bits per heavy atom. The number of rotatable bonds is 5. The molecule has 2 saturated heterocycles. The van der Waals surface area contributed by atoms with Crippen molar-refractivity contribution in [2.45, 2.75) is 25.4 Å². The molecule has 0 unspecified atom stereocenters. The molecule has 0 amide bonds. The first-order chi connectivity index (χ1) is 12.0. The Bertz CT molecular complexity index is 647. The second kappa shape index (κ2) is 8.03. The average Bonchev–Trinajstić information content (AvgIpc) is 2.62. The highest BCUT2D eigenvalue weighted by molar-refractivity contribution is 7.88. The fourth-order valence-corrected chi connectivity index (χ4v) is 4.66. The maximum absolute atomic E-state index is 11.6. The van der Waals surface area contributed by atoms with Crippen LogP contribution in [0.3, 0.4) is 0 Å². The number of sulfonamides is 1. The summed E-state index contributed by atoms with van der Waals surface area (Å²) < 4.78 is 30.0. The lowest BCUT2D eigenvalue weighted by atomic mass is 10.0. The minimum absolute atomic E-state index is 0.592. The van der Waals surface area contributed by atoms with Crippen LogP contribution in [0.1, 0.15) is 18.4 Å². The fraction of sp³-hybridized carbons (Fsp3) is 0.667. The Balaban J connectivity index is 1.44. The van der Waals surface area contributed by atoms with Gasteiger partial charge in [-0.05, 0) is 43.6 Å². The first kappa shape index (κ1) is 18.6. The van der Waals surface area contributed by atoms with Crippen LogP contribution in [0, 0.1) is 0 Å².